The number of rotatable bonds is 1. The number of thiol groups is 1. The van der Waals surface area contributed by atoms with Crippen molar-refractivity contribution < 1.29 is 0 Å². The Balaban J connectivity index is 1.65. The molecule has 0 amide bonds. The SMILES string of the molecule is CC(C)C1CCC2C3CC=C4CC(S)CCC4(C)C3CCC12C. The normalized spacial score (nSPS) is 52.6. The third-order valence-corrected chi connectivity index (χ3v) is 9.40. The van der Waals surface area contributed by atoms with Crippen LogP contribution in [0.5, 0.6) is 0 Å². The van der Waals surface area contributed by atoms with Crippen LogP contribution in [-0.4, -0.2) is 5.25 Å². The number of allylic oxidation sites excluding steroid dienone is 2. The van der Waals surface area contributed by atoms with Gasteiger partial charge < -0.3 is 0 Å². The standard InChI is InChI=1S/C22H36S/c1-14(2)18-7-8-19-17-6-5-15-13-16(23)9-11-21(15,3)20(17)10-12-22(18,19)4/h5,14,16-20,23H,6-13H2,1-4H3. The molecule has 0 spiro atoms. The first-order valence-electron chi connectivity index (χ1n) is 10.2. The van der Waals surface area contributed by atoms with Crippen molar-refractivity contribution in [3.63, 3.8) is 0 Å². The lowest BCUT2D eigenvalue weighted by Gasteiger charge is -2.58. The number of fused-ring (bicyclic) bond motifs is 5. The van der Waals surface area contributed by atoms with Gasteiger partial charge in [0.15, 0.2) is 0 Å². The second-order valence-corrected chi connectivity index (χ2v) is 10.9. The molecule has 4 rings (SSSR count). The molecule has 130 valence electrons. The van der Waals surface area contributed by atoms with Gasteiger partial charge in [0.2, 0.25) is 0 Å². The van der Waals surface area contributed by atoms with Gasteiger partial charge in [-0.3, -0.25) is 0 Å². The smallest absolute Gasteiger partial charge is 0.00545 e. The van der Waals surface area contributed by atoms with Gasteiger partial charge in [-0.1, -0.05) is 39.3 Å². The summed E-state index contributed by atoms with van der Waals surface area (Å²) in [7, 11) is 0. The lowest BCUT2D eigenvalue weighted by atomic mass is 9.47. The maximum Gasteiger partial charge on any atom is 0.00545 e. The molecule has 0 bridgehead atoms. The van der Waals surface area contributed by atoms with E-state index in [4.69, 9.17) is 12.6 Å². The first-order valence-corrected chi connectivity index (χ1v) is 10.8. The topological polar surface area (TPSA) is 0 Å². The van der Waals surface area contributed by atoms with Crippen LogP contribution in [-0.2, 0) is 0 Å². The minimum absolute atomic E-state index is 0.513. The Kier molecular flexibility index (Phi) is 3.99. The van der Waals surface area contributed by atoms with Gasteiger partial charge in [-0.05, 0) is 91.8 Å². The van der Waals surface area contributed by atoms with E-state index in [9.17, 15) is 0 Å². The number of hydrogen-bond acceptors (Lipinski definition) is 1. The molecular weight excluding hydrogens is 296 g/mol. The summed E-state index contributed by atoms with van der Waals surface area (Å²) in [5.41, 5.74) is 2.93. The molecule has 0 aromatic rings. The zero-order valence-electron chi connectivity index (χ0n) is 15.6. The summed E-state index contributed by atoms with van der Waals surface area (Å²) >= 11 is 4.80. The van der Waals surface area contributed by atoms with Crippen LogP contribution in [0.1, 0.15) is 79.1 Å². The molecule has 0 radical (unpaired) electrons. The maximum absolute atomic E-state index is 4.80. The van der Waals surface area contributed by atoms with Crippen molar-refractivity contribution in [2.24, 2.45) is 40.4 Å². The summed E-state index contributed by atoms with van der Waals surface area (Å²) in [5, 5.41) is 0.622. The van der Waals surface area contributed by atoms with E-state index in [2.05, 4.69) is 33.8 Å². The summed E-state index contributed by atoms with van der Waals surface area (Å²) in [5.74, 6) is 4.78. The van der Waals surface area contributed by atoms with Gasteiger partial charge in [0.05, 0.1) is 0 Å². The highest BCUT2D eigenvalue weighted by Gasteiger charge is 2.58. The second kappa shape index (κ2) is 5.55. The molecule has 4 aliphatic rings. The molecule has 0 aromatic heterocycles. The predicted molar refractivity (Wildman–Crippen MR) is 103 cm³/mol. The van der Waals surface area contributed by atoms with Crippen LogP contribution in [0.25, 0.3) is 0 Å². The van der Waals surface area contributed by atoms with E-state index in [0.29, 0.717) is 16.1 Å². The van der Waals surface area contributed by atoms with Crippen molar-refractivity contribution in [2.45, 2.75) is 84.3 Å². The molecule has 7 unspecified atom stereocenters. The minimum Gasteiger partial charge on any atom is -0.176 e. The fourth-order valence-corrected chi connectivity index (χ4v) is 8.10. The third-order valence-electron chi connectivity index (χ3n) is 8.96. The largest absolute Gasteiger partial charge is 0.176 e. The monoisotopic (exact) mass is 332 g/mol. The zero-order valence-corrected chi connectivity index (χ0v) is 16.5. The van der Waals surface area contributed by atoms with Crippen LogP contribution < -0.4 is 0 Å². The van der Waals surface area contributed by atoms with E-state index in [1.165, 1.54) is 51.4 Å². The summed E-state index contributed by atoms with van der Waals surface area (Å²) in [6, 6.07) is 0. The highest BCUT2D eigenvalue weighted by Crippen LogP contribution is 2.67. The van der Waals surface area contributed by atoms with E-state index in [0.717, 1.165) is 29.6 Å². The average Bonchev–Trinajstić information content (AvgIpc) is 2.85. The molecule has 0 nitrogen and oxygen atoms in total. The fourth-order valence-electron chi connectivity index (χ4n) is 7.78. The third kappa shape index (κ3) is 2.31. The zero-order chi connectivity index (χ0) is 16.4. The Morgan fingerprint density at radius 3 is 2.57 bits per heavy atom. The van der Waals surface area contributed by atoms with Crippen LogP contribution in [0.15, 0.2) is 11.6 Å². The maximum atomic E-state index is 4.80. The van der Waals surface area contributed by atoms with E-state index in [1.807, 2.05) is 0 Å². The Bertz CT molecular complexity index is 506. The minimum atomic E-state index is 0.513. The van der Waals surface area contributed by atoms with E-state index in [1.54, 1.807) is 5.57 Å². The molecule has 0 N–H and O–H groups in total. The van der Waals surface area contributed by atoms with Crippen LogP contribution >= 0.6 is 12.6 Å². The quantitative estimate of drug-likeness (QED) is 0.410. The van der Waals surface area contributed by atoms with Crippen molar-refractivity contribution >= 4 is 12.6 Å². The molecule has 0 aromatic carbocycles. The van der Waals surface area contributed by atoms with E-state index in [-0.39, 0.29) is 0 Å². The Labute approximate surface area is 149 Å². The van der Waals surface area contributed by atoms with Crippen molar-refractivity contribution in [1.29, 1.82) is 0 Å². The van der Waals surface area contributed by atoms with Gasteiger partial charge in [0, 0.05) is 5.25 Å². The fraction of sp³-hybridized carbons (Fsp3) is 0.909. The van der Waals surface area contributed by atoms with Crippen molar-refractivity contribution in [3.8, 4) is 0 Å². The molecule has 23 heavy (non-hydrogen) atoms. The second-order valence-electron chi connectivity index (χ2n) is 10.1. The summed E-state index contributed by atoms with van der Waals surface area (Å²) in [4.78, 5) is 0. The van der Waals surface area contributed by atoms with Gasteiger partial charge >= 0.3 is 0 Å². The Hall–Kier alpha value is 0.0900. The molecule has 7 atom stereocenters. The van der Waals surface area contributed by atoms with Crippen LogP contribution in [0, 0.1) is 40.4 Å². The lowest BCUT2D eigenvalue weighted by molar-refractivity contribution is -0.0477. The van der Waals surface area contributed by atoms with Gasteiger partial charge in [0.1, 0.15) is 0 Å². The summed E-state index contributed by atoms with van der Waals surface area (Å²) in [6.07, 6.45) is 14.0. The Morgan fingerprint density at radius 1 is 1.04 bits per heavy atom. The molecule has 3 saturated carbocycles. The highest BCUT2D eigenvalue weighted by molar-refractivity contribution is 7.80. The van der Waals surface area contributed by atoms with Gasteiger partial charge in [0.25, 0.3) is 0 Å². The van der Waals surface area contributed by atoms with Gasteiger partial charge in [-0.25, -0.2) is 0 Å². The lowest BCUT2D eigenvalue weighted by Crippen LogP contribution is -2.50. The molecule has 0 aliphatic heterocycles. The summed E-state index contributed by atoms with van der Waals surface area (Å²) in [6.45, 7) is 10.2. The molecule has 3 fully saturated rings. The molecular formula is C22H36S. The van der Waals surface area contributed by atoms with Crippen LogP contribution in [0.3, 0.4) is 0 Å². The Morgan fingerprint density at radius 2 is 1.83 bits per heavy atom. The summed E-state index contributed by atoms with van der Waals surface area (Å²) < 4.78 is 0. The van der Waals surface area contributed by atoms with Gasteiger partial charge in [-0.2, -0.15) is 12.6 Å². The van der Waals surface area contributed by atoms with Crippen molar-refractivity contribution in [1.82, 2.24) is 0 Å². The molecule has 4 aliphatic carbocycles. The number of hydrogen-bond donors (Lipinski definition) is 1. The van der Waals surface area contributed by atoms with E-state index >= 15 is 0 Å². The van der Waals surface area contributed by atoms with Crippen molar-refractivity contribution in [3.05, 3.63) is 11.6 Å². The molecule has 0 saturated heterocycles. The highest BCUT2D eigenvalue weighted by atomic mass is 32.1. The first kappa shape index (κ1) is 16.6. The van der Waals surface area contributed by atoms with Crippen molar-refractivity contribution in [2.75, 3.05) is 0 Å². The van der Waals surface area contributed by atoms with Gasteiger partial charge in [-0.15, -0.1) is 0 Å². The molecule has 1 heteroatoms. The molecule has 0 heterocycles. The predicted octanol–water partition coefficient (Wildman–Crippen LogP) is 6.52. The van der Waals surface area contributed by atoms with Crippen LogP contribution in [0.4, 0.5) is 0 Å². The average molecular weight is 333 g/mol. The van der Waals surface area contributed by atoms with E-state index < -0.39 is 0 Å². The van der Waals surface area contributed by atoms with Crippen LogP contribution in [0.2, 0.25) is 0 Å². The first-order chi connectivity index (χ1) is 10.9.